The molecule has 0 aliphatic carbocycles. The Kier molecular flexibility index (Phi) is 5.44. The van der Waals surface area contributed by atoms with E-state index in [0.717, 1.165) is 18.3 Å². The highest BCUT2D eigenvalue weighted by atomic mass is 19.4. The minimum atomic E-state index is -4.29. The Labute approximate surface area is 128 Å². The zero-order chi connectivity index (χ0) is 16.0. The fraction of sp³-hybridized carbons (Fsp3) is 0.294. The second kappa shape index (κ2) is 7.31. The molecule has 0 bridgehead atoms. The minimum Gasteiger partial charge on any atom is -0.373 e. The molecule has 5 heteroatoms. The summed E-state index contributed by atoms with van der Waals surface area (Å²) in [6.07, 6.45) is -4.29. The topological polar surface area (TPSA) is 15.3 Å². The molecule has 0 aliphatic heterocycles. The van der Waals surface area contributed by atoms with Gasteiger partial charge in [-0.2, -0.15) is 13.2 Å². The average Bonchev–Trinajstić information content (AvgIpc) is 2.52. The maximum absolute atomic E-state index is 12.6. The van der Waals surface area contributed by atoms with Crippen LogP contribution in [0.5, 0.6) is 0 Å². The summed E-state index contributed by atoms with van der Waals surface area (Å²) in [5.41, 5.74) is 1.15. The molecule has 0 atom stereocenters. The van der Waals surface area contributed by atoms with Gasteiger partial charge in [0.25, 0.3) is 0 Å². The normalized spacial score (nSPS) is 11.5. The van der Waals surface area contributed by atoms with E-state index >= 15 is 0 Å². The minimum absolute atomic E-state index is 0.423. The van der Waals surface area contributed by atoms with Crippen LogP contribution in [0, 0.1) is 0 Å². The molecule has 0 aromatic heterocycles. The van der Waals surface area contributed by atoms with Crippen LogP contribution in [0.2, 0.25) is 0 Å². The lowest BCUT2D eigenvalue weighted by Gasteiger charge is -2.19. The van der Waals surface area contributed by atoms with Crippen molar-refractivity contribution in [2.75, 3.05) is 25.0 Å². The number of benzene rings is 2. The largest absolute Gasteiger partial charge is 0.416 e. The van der Waals surface area contributed by atoms with E-state index in [1.165, 1.54) is 12.1 Å². The number of likely N-dealkylation sites (N-methyl/N-ethyl adjacent to an activating group) is 1. The summed E-state index contributed by atoms with van der Waals surface area (Å²) >= 11 is 0. The van der Waals surface area contributed by atoms with Gasteiger partial charge in [0, 0.05) is 32.4 Å². The molecule has 2 nitrogen and oxygen atoms in total. The highest BCUT2D eigenvalue weighted by Gasteiger charge is 2.30. The first-order valence-corrected chi connectivity index (χ1v) is 7.10. The summed E-state index contributed by atoms with van der Waals surface area (Å²) < 4.78 is 37.9. The quantitative estimate of drug-likeness (QED) is 0.813. The molecule has 0 unspecified atom stereocenters. The third-order valence-electron chi connectivity index (χ3n) is 3.40. The molecule has 0 aliphatic rings. The van der Waals surface area contributed by atoms with Gasteiger partial charge < -0.3 is 10.2 Å². The van der Waals surface area contributed by atoms with Crippen LogP contribution in [0.3, 0.4) is 0 Å². The van der Waals surface area contributed by atoms with Gasteiger partial charge in [-0.25, -0.2) is 0 Å². The summed E-state index contributed by atoms with van der Waals surface area (Å²) in [5, 5.41) is 3.17. The monoisotopic (exact) mass is 308 g/mol. The van der Waals surface area contributed by atoms with E-state index in [1.54, 1.807) is 6.07 Å². The lowest BCUT2D eigenvalue weighted by Crippen LogP contribution is -2.28. The molecule has 0 saturated heterocycles. The lowest BCUT2D eigenvalue weighted by molar-refractivity contribution is -0.137. The van der Waals surface area contributed by atoms with E-state index in [2.05, 4.69) is 10.2 Å². The predicted molar refractivity (Wildman–Crippen MR) is 82.9 cm³/mol. The molecular formula is C17H19F3N2. The molecule has 0 radical (unpaired) electrons. The van der Waals surface area contributed by atoms with Gasteiger partial charge in [0.15, 0.2) is 0 Å². The second-order valence-corrected chi connectivity index (χ2v) is 5.13. The molecule has 0 spiro atoms. The van der Waals surface area contributed by atoms with Crippen LogP contribution in [-0.2, 0) is 12.7 Å². The number of hydrogen-bond acceptors (Lipinski definition) is 2. The standard InChI is InChI=1S/C17H19F3N2/c1-22(16-8-3-2-4-9-16)11-10-21-13-14-6-5-7-15(12-14)17(18,19)20/h2-9,12,21H,10-11,13H2,1H3. The van der Waals surface area contributed by atoms with E-state index < -0.39 is 11.7 Å². The number of nitrogens with zero attached hydrogens (tertiary/aromatic N) is 1. The first-order chi connectivity index (χ1) is 10.5. The van der Waals surface area contributed by atoms with E-state index in [0.29, 0.717) is 18.7 Å². The number of rotatable bonds is 6. The van der Waals surface area contributed by atoms with Gasteiger partial charge in [-0.3, -0.25) is 0 Å². The highest BCUT2D eigenvalue weighted by molar-refractivity contribution is 5.44. The van der Waals surface area contributed by atoms with Crippen molar-refractivity contribution in [1.82, 2.24) is 5.32 Å². The Bertz CT molecular complexity index is 582. The summed E-state index contributed by atoms with van der Waals surface area (Å²) in [4.78, 5) is 2.10. The summed E-state index contributed by atoms with van der Waals surface area (Å²) in [6, 6.07) is 15.4. The van der Waals surface area contributed by atoms with Gasteiger partial charge in [-0.1, -0.05) is 36.4 Å². The molecule has 0 fully saturated rings. The number of alkyl halides is 3. The summed E-state index contributed by atoms with van der Waals surface area (Å²) in [6.45, 7) is 1.90. The van der Waals surface area contributed by atoms with Crippen LogP contribution in [-0.4, -0.2) is 20.1 Å². The van der Waals surface area contributed by atoms with Crippen LogP contribution in [0.25, 0.3) is 0 Å². The van der Waals surface area contributed by atoms with E-state index in [1.807, 2.05) is 37.4 Å². The van der Waals surface area contributed by atoms with Crippen molar-refractivity contribution in [2.45, 2.75) is 12.7 Å². The van der Waals surface area contributed by atoms with Crippen molar-refractivity contribution in [3.05, 3.63) is 65.7 Å². The molecule has 2 aromatic carbocycles. The zero-order valence-electron chi connectivity index (χ0n) is 12.4. The second-order valence-electron chi connectivity index (χ2n) is 5.13. The van der Waals surface area contributed by atoms with Gasteiger partial charge in [0.1, 0.15) is 0 Å². The van der Waals surface area contributed by atoms with Gasteiger partial charge >= 0.3 is 6.18 Å². The fourth-order valence-electron chi connectivity index (χ4n) is 2.15. The maximum atomic E-state index is 12.6. The Morgan fingerprint density at radius 3 is 2.41 bits per heavy atom. The number of anilines is 1. The van der Waals surface area contributed by atoms with E-state index in [4.69, 9.17) is 0 Å². The number of halogens is 3. The van der Waals surface area contributed by atoms with E-state index in [-0.39, 0.29) is 0 Å². The molecule has 118 valence electrons. The van der Waals surface area contributed by atoms with Crippen LogP contribution < -0.4 is 10.2 Å². The molecule has 2 rings (SSSR count). The predicted octanol–water partition coefficient (Wildman–Crippen LogP) is 3.93. The highest BCUT2D eigenvalue weighted by Crippen LogP contribution is 2.29. The van der Waals surface area contributed by atoms with Crippen LogP contribution in [0.4, 0.5) is 18.9 Å². The molecular weight excluding hydrogens is 289 g/mol. The Hall–Kier alpha value is -2.01. The van der Waals surface area contributed by atoms with E-state index in [9.17, 15) is 13.2 Å². The zero-order valence-corrected chi connectivity index (χ0v) is 12.4. The van der Waals surface area contributed by atoms with Crippen LogP contribution in [0.15, 0.2) is 54.6 Å². The lowest BCUT2D eigenvalue weighted by atomic mass is 10.1. The molecule has 22 heavy (non-hydrogen) atoms. The number of hydrogen-bond donors (Lipinski definition) is 1. The Morgan fingerprint density at radius 1 is 1.00 bits per heavy atom. The maximum Gasteiger partial charge on any atom is 0.416 e. The SMILES string of the molecule is CN(CCNCc1cccc(C(F)(F)F)c1)c1ccccc1. The molecule has 1 N–H and O–H groups in total. The average molecular weight is 308 g/mol. The summed E-state index contributed by atoms with van der Waals surface area (Å²) in [5.74, 6) is 0. The van der Waals surface area contributed by atoms with Crippen LogP contribution >= 0.6 is 0 Å². The first-order valence-electron chi connectivity index (χ1n) is 7.10. The van der Waals surface area contributed by atoms with Crippen molar-refractivity contribution in [3.8, 4) is 0 Å². The van der Waals surface area contributed by atoms with Crippen molar-refractivity contribution in [2.24, 2.45) is 0 Å². The summed E-state index contributed by atoms with van der Waals surface area (Å²) in [7, 11) is 1.99. The van der Waals surface area contributed by atoms with Gasteiger partial charge in [-0.15, -0.1) is 0 Å². The van der Waals surface area contributed by atoms with Gasteiger partial charge in [-0.05, 0) is 23.8 Å². The first kappa shape index (κ1) is 16.4. The Balaban J connectivity index is 1.80. The number of para-hydroxylation sites is 1. The van der Waals surface area contributed by atoms with Crippen molar-refractivity contribution in [1.29, 1.82) is 0 Å². The Morgan fingerprint density at radius 2 is 1.73 bits per heavy atom. The van der Waals surface area contributed by atoms with Crippen molar-refractivity contribution < 1.29 is 13.2 Å². The smallest absolute Gasteiger partial charge is 0.373 e. The van der Waals surface area contributed by atoms with Gasteiger partial charge in [0.2, 0.25) is 0 Å². The molecule has 2 aromatic rings. The fourth-order valence-corrected chi connectivity index (χ4v) is 2.15. The van der Waals surface area contributed by atoms with Crippen molar-refractivity contribution in [3.63, 3.8) is 0 Å². The molecule has 0 amide bonds. The molecule has 0 saturated carbocycles. The van der Waals surface area contributed by atoms with Crippen molar-refractivity contribution >= 4 is 5.69 Å². The third kappa shape index (κ3) is 4.77. The third-order valence-corrected chi connectivity index (χ3v) is 3.40. The molecule has 0 heterocycles. The van der Waals surface area contributed by atoms with Gasteiger partial charge in [0.05, 0.1) is 5.56 Å². The van der Waals surface area contributed by atoms with Crippen LogP contribution in [0.1, 0.15) is 11.1 Å². The number of nitrogens with one attached hydrogen (secondary N) is 1.